The molecule has 1 aromatic rings. The predicted molar refractivity (Wildman–Crippen MR) is 77.8 cm³/mol. The smallest absolute Gasteiger partial charge is 0.341 e. The quantitative estimate of drug-likeness (QED) is 0.624. The average molecular weight is 311 g/mol. The van der Waals surface area contributed by atoms with Gasteiger partial charge in [0.25, 0.3) is 5.91 Å². The number of nitrogens with zero attached hydrogens (tertiary/aromatic N) is 1. The van der Waals surface area contributed by atoms with E-state index in [1.807, 2.05) is 5.32 Å². The first-order valence-corrected chi connectivity index (χ1v) is 7.39. The van der Waals surface area contributed by atoms with E-state index in [2.05, 4.69) is 4.98 Å². The third kappa shape index (κ3) is 4.75. The molecular weight excluding hydrogens is 294 g/mol. The molecule has 8 heteroatoms. The third-order valence-corrected chi connectivity index (χ3v) is 3.24. The number of carbonyl (C=O) groups excluding carboxylic acids is 3. The van der Waals surface area contributed by atoms with Crippen molar-refractivity contribution in [3.63, 3.8) is 0 Å². The lowest BCUT2D eigenvalue weighted by Gasteiger charge is -2.20. The number of hydrogen-bond donors (Lipinski definition) is 2. The highest BCUT2D eigenvalue weighted by atomic mass is 32.2. The summed E-state index contributed by atoms with van der Waals surface area (Å²) in [6, 6.07) is 2.17. The fourth-order valence-electron chi connectivity index (χ4n) is 1.57. The molecule has 0 bridgehead atoms. The Morgan fingerprint density at radius 3 is 2.57 bits per heavy atom. The van der Waals surface area contributed by atoms with Crippen molar-refractivity contribution in [2.24, 2.45) is 11.7 Å². The second-order valence-corrected chi connectivity index (χ2v) is 5.28. The molecule has 7 nitrogen and oxygen atoms in total. The van der Waals surface area contributed by atoms with Crippen LogP contribution in [0.3, 0.4) is 0 Å². The lowest BCUT2D eigenvalue weighted by Crippen LogP contribution is -2.45. The highest BCUT2D eigenvalue weighted by Crippen LogP contribution is 2.19. The van der Waals surface area contributed by atoms with Gasteiger partial charge in [-0.05, 0) is 24.3 Å². The molecule has 0 aromatic carbocycles. The lowest BCUT2D eigenvalue weighted by molar-refractivity contribution is -0.130. The van der Waals surface area contributed by atoms with Crippen LogP contribution < -0.4 is 11.1 Å². The Labute approximate surface area is 126 Å². The molecule has 114 valence electrons. The number of thioether (sulfide) groups is 1. The molecule has 1 aromatic heterocycles. The molecule has 1 heterocycles. The van der Waals surface area contributed by atoms with Crippen molar-refractivity contribution in [1.82, 2.24) is 10.3 Å². The highest BCUT2D eigenvalue weighted by Gasteiger charge is 2.28. The second kappa shape index (κ2) is 7.63. The normalized spacial score (nSPS) is 11.8. The lowest BCUT2D eigenvalue weighted by atomic mass is 10.1. The number of pyridine rings is 1. The van der Waals surface area contributed by atoms with Gasteiger partial charge in [0.15, 0.2) is 6.10 Å². The van der Waals surface area contributed by atoms with E-state index in [0.717, 1.165) is 0 Å². The van der Waals surface area contributed by atoms with Gasteiger partial charge in [-0.15, -0.1) is 11.8 Å². The maximum atomic E-state index is 12.2. The molecule has 0 aliphatic heterocycles. The van der Waals surface area contributed by atoms with Crippen LogP contribution in [-0.4, -0.2) is 35.3 Å². The predicted octanol–water partition coefficient (Wildman–Crippen LogP) is 1.18. The topological polar surface area (TPSA) is 111 Å². The number of aromatic nitrogens is 1. The Morgan fingerprint density at radius 1 is 1.38 bits per heavy atom. The summed E-state index contributed by atoms with van der Waals surface area (Å²) in [7, 11) is 0. The van der Waals surface area contributed by atoms with Crippen molar-refractivity contribution >= 4 is 29.7 Å². The molecule has 1 rings (SSSR count). The largest absolute Gasteiger partial charge is 0.448 e. The molecule has 0 unspecified atom stereocenters. The van der Waals surface area contributed by atoms with Gasteiger partial charge in [0, 0.05) is 6.20 Å². The van der Waals surface area contributed by atoms with Gasteiger partial charge >= 0.3 is 12.0 Å². The van der Waals surface area contributed by atoms with Gasteiger partial charge in [-0.3, -0.25) is 10.1 Å². The van der Waals surface area contributed by atoms with E-state index in [1.54, 1.807) is 38.4 Å². The van der Waals surface area contributed by atoms with Crippen LogP contribution in [0, 0.1) is 5.92 Å². The Kier molecular flexibility index (Phi) is 6.16. The van der Waals surface area contributed by atoms with Gasteiger partial charge in [-0.1, -0.05) is 13.8 Å². The zero-order valence-corrected chi connectivity index (χ0v) is 12.8. The molecule has 0 aliphatic carbocycles. The fourth-order valence-corrected chi connectivity index (χ4v) is 2.11. The van der Waals surface area contributed by atoms with Crippen LogP contribution in [0.2, 0.25) is 0 Å². The SMILES string of the molecule is CSc1ncccc1C(=O)O[C@@H](C(=O)NC(N)=O)C(C)C. The Hall–Kier alpha value is -2.09. The van der Waals surface area contributed by atoms with E-state index in [1.165, 1.54) is 11.8 Å². The summed E-state index contributed by atoms with van der Waals surface area (Å²) in [4.78, 5) is 38.7. The van der Waals surface area contributed by atoms with Gasteiger partial charge in [-0.2, -0.15) is 0 Å². The molecule has 0 aliphatic rings. The van der Waals surface area contributed by atoms with Gasteiger partial charge in [-0.25, -0.2) is 14.6 Å². The average Bonchev–Trinajstić information content (AvgIpc) is 2.43. The van der Waals surface area contributed by atoms with Crippen LogP contribution >= 0.6 is 11.8 Å². The van der Waals surface area contributed by atoms with Gasteiger partial charge in [0.2, 0.25) is 0 Å². The summed E-state index contributed by atoms with van der Waals surface area (Å²) >= 11 is 1.29. The molecular formula is C13H17N3O4S. The number of primary amides is 1. The van der Waals surface area contributed by atoms with E-state index >= 15 is 0 Å². The van der Waals surface area contributed by atoms with Crippen molar-refractivity contribution in [1.29, 1.82) is 0 Å². The first-order chi connectivity index (χ1) is 9.86. The number of rotatable bonds is 5. The van der Waals surface area contributed by atoms with Crippen LogP contribution in [0.5, 0.6) is 0 Å². The standard InChI is InChI=1S/C13H17N3O4S/c1-7(2)9(10(17)16-13(14)19)20-12(18)8-5-4-6-15-11(8)21-3/h4-7,9H,1-3H3,(H3,14,16,17,19)/t9-/m1/s1. The molecule has 0 saturated heterocycles. The summed E-state index contributed by atoms with van der Waals surface area (Å²) in [5, 5.41) is 2.41. The number of urea groups is 1. The summed E-state index contributed by atoms with van der Waals surface area (Å²) in [6.45, 7) is 3.38. The third-order valence-electron chi connectivity index (χ3n) is 2.53. The Bertz CT molecular complexity index is 548. The number of nitrogens with two attached hydrogens (primary N) is 1. The number of nitrogens with one attached hydrogen (secondary N) is 1. The number of ether oxygens (including phenoxy) is 1. The van der Waals surface area contributed by atoms with Gasteiger partial charge < -0.3 is 10.5 Å². The summed E-state index contributed by atoms with van der Waals surface area (Å²) in [5.41, 5.74) is 5.16. The molecule has 1 atom stereocenters. The van der Waals surface area contributed by atoms with Crippen LogP contribution in [0.4, 0.5) is 4.79 Å². The summed E-state index contributed by atoms with van der Waals surface area (Å²) < 4.78 is 5.19. The van der Waals surface area contributed by atoms with E-state index in [0.29, 0.717) is 5.03 Å². The molecule has 0 fully saturated rings. The fraction of sp³-hybridized carbons (Fsp3) is 0.385. The van der Waals surface area contributed by atoms with Crippen LogP contribution in [-0.2, 0) is 9.53 Å². The number of carbonyl (C=O) groups is 3. The monoisotopic (exact) mass is 311 g/mol. The molecule has 0 spiro atoms. The number of amides is 3. The van der Waals surface area contributed by atoms with Crippen LogP contribution in [0.25, 0.3) is 0 Å². The minimum Gasteiger partial charge on any atom is -0.448 e. The maximum absolute atomic E-state index is 12.2. The molecule has 3 amide bonds. The number of hydrogen-bond acceptors (Lipinski definition) is 6. The Morgan fingerprint density at radius 2 is 2.05 bits per heavy atom. The Balaban J connectivity index is 2.91. The van der Waals surface area contributed by atoms with Gasteiger partial charge in [0.1, 0.15) is 5.03 Å². The molecule has 21 heavy (non-hydrogen) atoms. The minimum atomic E-state index is -1.11. The van der Waals surface area contributed by atoms with Crippen LogP contribution in [0.1, 0.15) is 24.2 Å². The summed E-state index contributed by atoms with van der Waals surface area (Å²) in [6.07, 6.45) is 2.22. The first kappa shape index (κ1) is 17.0. The second-order valence-electron chi connectivity index (χ2n) is 4.48. The van der Waals surface area contributed by atoms with Crippen molar-refractivity contribution in [3.05, 3.63) is 23.9 Å². The molecule has 0 saturated carbocycles. The van der Waals surface area contributed by atoms with E-state index in [-0.39, 0.29) is 11.5 Å². The van der Waals surface area contributed by atoms with Crippen molar-refractivity contribution in [3.8, 4) is 0 Å². The van der Waals surface area contributed by atoms with E-state index < -0.39 is 24.0 Å². The molecule has 0 radical (unpaired) electrons. The zero-order chi connectivity index (χ0) is 16.0. The zero-order valence-electron chi connectivity index (χ0n) is 12.0. The highest BCUT2D eigenvalue weighted by molar-refractivity contribution is 7.98. The number of esters is 1. The van der Waals surface area contributed by atoms with E-state index in [4.69, 9.17) is 10.5 Å². The van der Waals surface area contributed by atoms with E-state index in [9.17, 15) is 14.4 Å². The first-order valence-electron chi connectivity index (χ1n) is 6.17. The number of imide groups is 1. The molecule has 3 N–H and O–H groups in total. The van der Waals surface area contributed by atoms with Crippen molar-refractivity contribution in [2.45, 2.75) is 25.0 Å². The maximum Gasteiger partial charge on any atom is 0.341 e. The minimum absolute atomic E-state index is 0.266. The van der Waals surface area contributed by atoms with Gasteiger partial charge in [0.05, 0.1) is 5.56 Å². The van der Waals surface area contributed by atoms with Crippen molar-refractivity contribution < 1.29 is 19.1 Å². The summed E-state index contributed by atoms with van der Waals surface area (Å²) in [5.74, 6) is -1.74. The van der Waals surface area contributed by atoms with Crippen LogP contribution in [0.15, 0.2) is 23.4 Å². The van der Waals surface area contributed by atoms with Crippen molar-refractivity contribution in [2.75, 3.05) is 6.26 Å².